The molecule has 0 saturated heterocycles. The molecule has 0 bridgehead atoms. The molecule has 4 nitrogen and oxygen atoms in total. The van der Waals surface area contributed by atoms with E-state index < -0.39 is 0 Å². The predicted molar refractivity (Wildman–Crippen MR) is 67.3 cm³/mol. The topological polar surface area (TPSA) is 44.7 Å². The van der Waals surface area contributed by atoms with E-state index in [1.165, 1.54) is 16.8 Å². The predicted octanol–water partition coefficient (Wildman–Crippen LogP) is 1.96. The molecule has 1 atom stereocenters. The molecule has 0 unspecified atom stereocenters. The van der Waals surface area contributed by atoms with E-state index in [4.69, 9.17) is 0 Å². The number of amides is 1. The highest BCUT2D eigenvalue weighted by Crippen LogP contribution is 2.19. The number of aliphatic imine (C=N–C) groups is 1. The van der Waals surface area contributed by atoms with Gasteiger partial charge in [-0.25, -0.2) is 4.99 Å². The summed E-state index contributed by atoms with van der Waals surface area (Å²) in [5, 5.41) is 2.21. The van der Waals surface area contributed by atoms with Crippen molar-refractivity contribution in [1.29, 1.82) is 0 Å². The Kier molecular flexibility index (Phi) is 3.14. The van der Waals surface area contributed by atoms with Crippen molar-refractivity contribution >= 4 is 28.5 Å². The average Bonchev–Trinajstić information content (AvgIpc) is 2.58. The van der Waals surface area contributed by atoms with Crippen molar-refractivity contribution in [2.75, 3.05) is 11.7 Å². The van der Waals surface area contributed by atoms with Crippen LogP contribution in [-0.2, 0) is 4.79 Å². The highest BCUT2D eigenvalue weighted by Gasteiger charge is 2.31. The van der Waals surface area contributed by atoms with Gasteiger partial charge in [-0.3, -0.25) is 10.2 Å². The number of amidine groups is 1. The molecule has 1 aliphatic heterocycles. The molecular formula is C11H13N3OS. The standard InChI is InChI=1S/C11H13N3OS/c1-8-10(15)14(11(12-8)16-2)13-9-6-4-3-5-7-9/h3-8,13H,1-2H3/t8-/m1/s1. The third-order valence-corrected chi connectivity index (χ3v) is 2.92. The number of hydrogen-bond donors (Lipinski definition) is 1. The summed E-state index contributed by atoms with van der Waals surface area (Å²) in [5.74, 6) is -0.0202. The molecule has 84 valence electrons. The van der Waals surface area contributed by atoms with E-state index in [0.29, 0.717) is 5.17 Å². The molecule has 0 fully saturated rings. The smallest absolute Gasteiger partial charge is 0.272 e. The SMILES string of the molecule is CSC1=N[C@H](C)C(=O)N1Nc1ccccc1. The minimum absolute atomic E-state index is 0.0202. The molecule has 1 heterocycles. The quantitative estimate of drug-likeness (QED) is 0.852. The fourth-order valence-corrected chi connectivity index (χ4v) is 2.03. The van der Waals surface area contributed by atoms with Crippen LogP contribution in [0, 0.1) is 0 Å². The first-order chi connectivity index (χ1) is 7.72. The number of para-hydroxylation sites is 1. The molecule has 1 N–H and O–H groups in total. The Bertz CT molecular complexity index is 418. The van der Waals surface area contributed by atoms with E-state index in [1.54, 1.807) is 6.92 Å². The van der Waals surface area contributed by atoms with Crippen molar-refractivity contribution in [1.82, 2.24) is 5.01 Å². The van der Waals surface area contributed by atoms with Gasteiger partial charge in [0.1, 0.15) is 6.04 Å². The van der Waals surface area contributed by atoms with E-state index in [-0.39, 0.29) is 11.9 Å². The Balaban J connectivity index is 2.16. The molecule has 0 aliphatic carbocycles. The normalized spacial score (nSPS) is 19.9. The van der Waals surface area contributed by atoms with Crippen LogP contribution in [0.5, 0.6) is 0 Å². The third-order valence-electron chi connectivity index (χ3n) is 2.27. The van der Waals surface area contributed by atoms with E-state index in [1.807, 2.05) is 36.6 Å². The monoisotopic (exact) mass is 235 g/mol. The minimum Gasteiger partial charge on any atom is -0.289 e. The fraction of sp³-hybridized carbons (Fsp3) is 0.273. The molecule has 16 heavy (non-hydrogen) atoms. The summed E-state index contributed by atoms with van der Waals surface area (Å²) in [6, 6.07) is 9.30. The van der Waals surface area contributed by atoms with Gasteiger partial charge in [0.25, 0.3) is 5.91 Å². The van der Waals surface area contributed by atoms with Gasteiger partial charge in [-0.2, -0.15) is 5.01 Å². The number of anilines is 1. The molecular weight excluding hydrogens is 222 g/mol. The second kappa shape index (κ2) is 4.57. The largest absolute Gasteiger partial charge is 0.289 e. The molecule has 0 saturated carbocycles. The van der Waals surface area contributed by atoms with Gasteiger partial charge < -0.3 is 0 Å². The van der Waals surface area contributed by atoms with Crippen molar-refractivity contribution in [3.63, 3.8) is 0 Å². The number of carbonyl (C=O) groups is 1. The maximum atomic E-state index is 11.8. The molecule has 1 aromatic rings. The molecule has 1 aliphatic rings. The number of hydrazine groups is 1. The summed E-state index contributed by atoms with van der Waals surface area (Å²) < 4.78 is 0. The Hall–Kier alpha value is -1.49. The Labute approximate surface area is 98.7 Å². The van der Waals surface area contributed by atoms with E-state index in [9.17, 15) is 4.79 Å². The molecule has 0 spiro atoms. The zero-order valence-corrected chi connectivity index (χ0v) is 9.99. The molecule has 2 rings (SSSR count). The maximum absolute atomic E-state index is 11.8. The van der Waals surface area contributed by atoms with Crippen LogP contribution < -0.4 is 5.43 Å². The Morgan fingerprint density at radius 3 is 2.69 bits per heavy atom. The average molecular weight is 235 g/mol. The van der Waals surface area contributed by atoms with Crippen molar-refractivity contribution in [3.8, 4) is 0 Å². The first kappa shape index (κ1) is 11.0. The summed E-state index contributed by atoms with van der Waals surface area (Å²) in [4.78, 5) is 16.1. The minimum atomic E-state index is -0.293. The number of benzene rings is 1. The number of nitrogens with zero attached hydrogens (tertiary/aromatic N) is 2. The fourth-order valence-electron chi connectivity index (χ4n) is 1.45. The zero-order chi connectivity index (χ0) is 11.5. The summed E-state index contributed by atoms with van der Waals surface area (Å²) in [6.07, 6.45) is 1.91. The van der Waals surface area contributed by atoms with Crippen molar-refractivity contribution in [2.45, 2.75) is 13.0 Å². The summed E-state index contributed by atoms with van der Waals surface area (Å²) >= 11 is 1.46. The summed E-state index contributed by atoms with van der Waals surface area (Å²) in [5.41, 5.74) is 3.94. The summed E-state index contributed by atoms with van der Waals surface area (Å²) in [7, 11) is 0. The van der Waals surface area contributed by atoms with E-state index in [0.717, 1.165) is 5.69 Å². The number of carbonyl (C=O) groups excluding carboxylic acids is 1. The van der Waals surface area contributed by atoms with Crippen LogP contribution in [0.4, 0.5) is 5.69 Å². The van der Waals surface area contributed by atoms with E-state index in [2.05, 4.69) is 10.4 Å². The van der Waals surface area contributed by atoms with Crippen molar-refractivity contribution in [2.24, 2.45) is 4.99 Å². The second-order valence-electron chi connectivity index (χ2n) is 3.44. The van der Waals surface area contributed by atoms with Crippen LogP contribution in [0.3, 0.4) is 0 Å². The van der Waals surface area contributed by atoms with Gasteiger partial charge in [-0.1, -0.05) is 30.0 Å². The lowest BCUT2D eigenvalue weighted by molar-refractivity contribution is -0.126. The molecule has 0 aromatic heterocycles. The number of rotatable bonds is 2. The van der Waals surface area contributed by atoms with Gasteiger partial charge in [0, 0.05) is 0 Å². The first-order valence-corrected chi connectivity index (χ1v) is 6.22. The molecule has 1 aromatic carbocycles. The van der Waals surface area contributed by atoms with Gasteiger partial charge >= 0.3 is 0 Å². The van der Waals surface area contributed by atoms with Gasteiger partial charge in [0.05, 0.1) is 5.69 Å². The highest BCUT2D eigenvalue weighted by atomic mass is 32.2. The van der Waals surface area contributed by atoms with Crippen LogP contribution in [-0.4, -0.2) is 28.4 Å². The van der Waals surface area contributed by atoms with Crippen molar-refractivity contribution < 1.29 is 4.79 Å². The van der Waals surface area contributed by atoms with Crippen LogP contribution in [0.1, 0.15) is 6.92 Å². The molecule has 1 amide bonds. The number of hydrogen-bond acceptors (Lipinski definition) is 4. The van der Waals surface area contributed by atoms with Crippen LogP contribution in [0.25, 0.3) is 0 Å². The van der Waals surface area contributed by atoms with Gasteiger partial charge in [-0.05, 0) is 25.3 Å². The Morgan fingerprint density at radius 1 is 1.38 bits per heavy atom. The highest BCUT2D eigenvalue weighted by molar-refractivity contribution is 8.13. The maximum Gasteiger partial charge on any atom is 0.272 e. The third kappa shape index (κ3) is 2.04. The van der Waals surface area contributed by atoms with Crippen LogP contribution in [0.15, 0.2) is 35.3 Å². The van der Waals surface area contributed by atoms with Crippen LogP contribution >= 0.6 is 11.8 Å². The lowest BCUT2D eigenvalue weighted by Crippen LogP contribution is -2.38. The van der Waals surface area contributed by atoms with Gasteiger partial charge in [0.15, 0.2) is 5.17 Å². The lowest BCUT2D eigenvalue weighted by Gasteiger charge is -2.19. The van der Waals surface area contributed by atoms with Crippen molar-refractivity contribution in [3.05, 3.63) is 30.3 Å². The molecule has 0 radical (unpaired) electrons. The number of thioether (sulfide) groups is 1. The van der Waals surface area contributed by atoms with Gasteiger partial charge in [-0.15, -0.1) is 0 Å². The summed E-state index contributed by atoms with van der Waals surface area (Å²) in [6.45, 7) is 1.80. The van der Waals surface area contributed by atoms with Crippen LogP contribution in [0.2, 0.25) is 0 Å². The lowest BCUT2D eigenvalue weighted by atomic mass is 10.3. The number of nitrogens with one attached hydrogen (secondary N) is 1. The zero-order valence-electron chi connectivity index (χ0n) is 9.18. The van der Waals surface area contributed by atoms with Gasteiger partial charge in [0.2, 0.25) is 0 Å². The molecule has 5 heteroatoms. The first-order valence-electron chi connectivity index (χ1n) is 5.00. The second-order valence-corrected chi connectivity index (χ2v) is 4.22. The Morgan fingerprint density at radius 2 is 2.06 bits per heavy atom. The van der Waals surface area contributed by atoms with E-state index >= 15 is 0 Å².